The maximum Gasteiger partial charge on any atom is 0.187 e. The van der Waals surface area contributed by atoms with Crippen LogP contribution >= 0.6 is 0 Å². The van der Waals surface area contributed by atoms with Crippen molar-refractivity contribution in [3.63, 3.8) is 0 Å². The van der Waals surface area contributed by atoms with E-state index in [9.17, 15) is 15.3 Å². The van der Waals surface area contributed by atoms with Crippen LogP contribution in [0.2, 0.25) is 0 Å². The van der Waals surface area contributed by atoms with Crippen molar-refractivity contribution < 1.29 is 53.2 Å². The van der Waals surface area contributed by atoms with Crippen LogP contribution in [0.15, 0.2) is 152 Å². The minimum absolute atomic E-state index is 0.00424. The predicted octanol–water partition coefficient (Wildman–Crippen LogP) is 5.73. The largest absolute Gasteiger partial charge is 0.387 e. The Morgan fingerprint density at radius 1 is 0.379 bits per heavy atom. The van der Waals surface area contributed by atoms with Crippen LogP contribution in [-0.4, -0.2) is 89.9 Å². The highest BCUT2D eigenvalue weighted by Crippen LogP contribution is 2.34. The van der Waals surface area contributed by atoms with Crippen molar-refractivity contribution in [1.82, 2.24) is 0 Å². The summed E-state index contributed by atoms with van der Waals surface area (Å²) < 4.78 is 51.3. The van der Waals surface area contributed by atoms with E-state index in [-0.39, 0.29) is 46.2 Å². The molecule has 11 heteroatoms. The first-order valence-corrected chi connectivity index (χ1v) is 19.7. The molecular weight excluding hydrogens is 741 g/mol. The van der Waals surface area contributed by atoms with E-state index in [4.69, 9.17) is 37.9 Å². The number of aliphatic hydroxyl groups excluding tert-OH is 3. The summed E-state index contributed by atoms with van der Waals surface area (Å²) in [5.74, 6) is 0. The van der Waals surface area contributed by atoms with Crippen LogP contribution in [0.1, 0.15) is 27.8 Å². The molecule has 7 rings (SSSR count). The second-order valence-electron chi connectivity index (χ2n) is 14.5. The Morgan fingerprint density at radius 2 is 0.759 bits per heavy atom. The molecule has 0 aromatic heterocycles. The number of ether oxygens (including phenoxy) is 8. The molecule has 0 amide bonds. The van der Waals surface area contributed by atoms with Gasteiger partial charge in [0, 0.05) is 0 Å². The normalized spacial score (nSPS) is 27.3. The second-order valence-corrected chi connectivity index (χ2v) is 14.5. The molecular formula is C47H52O11. The lowest BCUT2D eigenvalue weighted by Gasteiger charge is -2.48. The van der Waals surface area contributed by atoms with Crippen molar-refractivity contribution in [2.75, 3.05) is 13.2 Å². The highest BCUT2D eigenvalue weighted by atomic mass is 16.7. The fourth-order valence-electron chi connectivity index (χ4n) is 7.08. The lowest BCUT2D eigenvalue weighted by molar-refractivity contribution is -0.369. The van der Waals surface area contributed by atoms with Crippen LogP contribution in [0, 0.1) is 0 Å². The van der Waals surface area contributed by atoms with Gasteiger partial charge in [-0.25, -0.2) is 0 Å². The lowest BCUT2D eigenvalue weighted by atomic mass is 9.96. The predicted molar refractivity (Wildman–Crippen MR) is 214 cm³/mol. The van der Waals surface area contributed by atoms with Crippen LogP contribution in [0.25, 0.3) is 0 Å². The third-order valence-electron chi connectivity index (χ3n) is 10.2. The molecule has 3 N–H and O–H groups in total. The fourth-order valence-corrected chi connectivity index (χ4v) is 7.08. The first-order valence-electron chi connectivity index (χ1n) is 19.7. The highest BCUT2D eigenvalue weighted by Gasteiger charge is 2.53. The number of benzene rings is 5. The molecule has 10 atom stereocenters. The SMILES string of the molecule is O[C@@H]1[C@H](O)[C@@H](OCc2ccccc2)[C@H](OC2[C@@H](COCc3ccccc3)O[C@@H](O)[C@H](OCc3ccccc3)[C@H]2OCc2ccccc2)O[C@@H]1COCc1ccccc1. The summed E-state index contributed by atoms with van der Waals surface area (Å²) in [6.07, 6.45) is -11.5. The van der Waals surface area contributed by atoms with Gasteiger partial charge in [0.25, 0.3) is 0 Å². The molecule has 11 nitrogen and oxygen atoms in total. The number of aliphatic hydroxyl groups is 3. The van der Waals surface area contributed by atoms with Crippen LogP contribution in [-0.2, 0) is 70.9 Å². The summed E-state index contributed by atoms with van der Waals surface area (Å²) in [6.45, 7) is 0.942. The summed E-state index contributed by atoms with van der Waals surface area (Å²) in [4.78, 5) is 0. The second kappa shape index (κ2) is 21.6. The van der Waals surface area contributed by atoms with Crippen molar-refractivity contribution in [1.29, 1.82) is 0 Å². The Kier molecular flexibility index (Phi) is 15.6. The molecule has 2 aliphatic rings. The van der Waals surface area contributed by atoms with Gasteiger partial charge in [-0.1, -0.05) is 152 Å². The maximum absolute atomic E-state index is 11.7. The van der Waals surface area contributed by atoms with E-state index < -0.39 is 61.4 Å². The summed E-state index contributed by atoms with van der Waals surface area (Å²) in [5.41, 5.74) is 4.54. The number of rotatable bonds is 19. The van der Waals surface area contributed by atoms with Gasteiger partial charge in [0.1, 0.15) is 48.8 Å². The highest BCUT2D eigenvalue weighted by molar-refractivity contribution is 5.17. The van der Waals surface area contributed by atoms with Crippen molar-refractivity contribution in [3.8, 4) is 0 Å². The Balaban J connectivity index is 1.18. The van der Waals surface area contributed by atoms with E-state index in [1.54, 1.807) is 0 Å². The lowest BCUT2D eigenvalue weighted by Crippen LogP contribution is -2.65. The van der Waals surface area contributed by atoms with E-state index in [0.29, 0.717) is 0 Å². The standard InChI is InChI=1S/C47H52O11/c48-40-38(31-51-26-33-16-6-1-7-17-33)57-47(43(41(40)49)53-28-35-20-10-3-11-21-35)58-42-39(32-52-27-34-18-8-2-9-19-34)56-46(50)45(55-30-37-24-14-5-15-25-37)44(42)54-29-36-22-12-4-13-23-36/h1-25,38-50H,26-32H2/t38-,39-,40+,41+,42?,43-,44+,45-,46-,47+/m1/s1. The summed E-state index contributed by atoms with van der Waals surface area (Å²) >= 11 is 0. The van der Waals surface area contributed by atoms with Gasteiger partial charge in [0.05, 0.1) is 46.2 Å². The van der Waals surface area contributed by atoms with Gasteiger partial charge >= 0.3 is 0 Å². The quantitative estimate of drug-likeness (QED) is 0.0948. The van der Waals surface area contributed by atoms with Gasteiger partial charge in [0.2, 0.25) is 0 Å². The van der Waals surface area contributed by atoms with Crippen molar-refractivity contribution in [2.24, 2.45) is 0 Å². The molecule has 0 spiro atoms. The Bertz CT molecular complexity index is 1870. The molecule has 306 valence electrons. The minimum Gasteiger partial charge on any atom is -0.387 e. The number of hydrogen-bond acceptors (Lipinski definition) is 11. The van der Waals surface area contributed by atoms with E-state index >= 15 is 0 Å². The van der Waals surface area contributed by atoms with Gasteiger partial charge in [-0.2, -0.15) is 0 Å². The van der Waals surface area contributed by atoms with Crippen LogP contribution in [0.4, 0.5) is 0 Å². The van der Waals surface area contributed by atoms with Crippen molar-refractivity contribution in [2.45, 2.75) is 94.4 Å². The molecule has 5 aromatic rings. The van der Waals surface area contributed by atoms with Gasteiger partial charge < -0.3 is 53.2 Å². The maximum atomic E-state index is 11.7. The zero-order chi connectivity index (χ0) is 39.9. The third-order valence-corrected chi connectivity index (χ3v) is 10.2. The monoisotopic (exact) mass is 792 g/mol. The van der Waals surface area contributed by atoms with Crippen LogP contribution in [0.3, 0.4) is 0 Å². The van der Waals surface area contributed by atoms with E-state index in [1.165, 1.54) is 0 Å². The summed E-state index contributed by atoms with van der Waals surface area (Å²) in [7, 11) is 0. The summed E-state index contributed by atoms with van der Waals surface area (Å²) in [6, 6.07) is 48.1. The summed E-state index contributed by atoms with van der Waals surface area (Å²) in [5, 5.41) is 34.7. The first-order chi connectivity index (χ1) is 28.5. The molecule has 0 radical (unpaired) electrons. The zero-order valence-corrected chi connectivity index (χ0v) is 32.3. The molecule has 1 unspecified atom stereocenters. The molecule has 2 aliphatic heterocycles. The molecule has 2 fully saturated rings. The zero-order valence-electron chi connectivity index (χ0n) is 32.3. The Hall–Kier alpha value is -4.34. The van der Waals surface area contributed by atoms with Crippen molar-refractivity contribution in [3.05, 3.63) is 179 Å². The van der Waals surface area contributed by atoms with E-state index in [0.717, 1.165) is 27.8 Å². The molecule has 2 heterocycles. The molecule has 0 aliphatic carbocycles. The van der Waals surface area contributed by atoms with Gasteiger partial charge in [-0.15, -0.1) is 0 Å². The number of hydrogen-bond donors (Lipinski definition) is 3. The molecule has 2 saturated heterocycles. The minimum atomic E-state index is -1.43. The van der Waals surface area contributed by atoms with Crippen LogP contribution < -0.4 is 0 Å². The van der Waals surface area contributed by atoms with Gasteiger partial charge in [0.15, 0.2) is 12.6 Å². The smallest absolute Gasteiger partial charge is 0.187 e. The fraction of sp³-hybridized carbons (Fsp3) is 0.362. The van der Waals surface area contributed by atoms with Crippen LogP contribution in [0.5, 0.6) is 0 Å². The topological polar surface area (TPSA) is 135 Å². The third kappa shape index (κ3) is 11.7. The van der Waals surface area contributed by atoms with Crippen molar-refractivity contribution >= 4 is 0 Å². The Morgan fingerprint density at radius 3 is 1.21 bits per heavy atom. The average molecular weight is 793 g/mol. The van der Waals surface area contributed by atoms with E-state index in [1.807, 2.05) is 152 Å². The molecule has 5 aromatic carbocycles. The van der Waals surface area contributed by atoms with Gasteiger partial charge in [-0.05, 0) is 27.8 Å². The first kappa shape index (κ1) is 41.8. The Labute approximate surface area is 339 Å². The molecule has 58 heavy (non-hydrogen) atoms. The van der Waals surface area contributed by atoms with E-state index in [2.05, 4.69) is 0 Å². The molecule has 0 bridgehead atoms. The van der Waals surface area contributed by atoms with Gasteiger partial charge in [-0.3, -0.25) is 0 Å². The average Bonchev–Trinajstić information content (AvgIpc) is 3.26. The molecule has 0 saturated carbocycles.